The van der Waals surface area contributed by atoms with E-state index in [-0.39, 0.29) is 11.8 Å². The van der Waals surface area contributed by atoms with Crippen molar-refractivity contribution in [1.82, 2.24) is 10.2 Å². The van der Waals surface area contributed by atoms with Crippen molar-refractivity contribution < 1.29 is 4.79 Å². The summed E-state index contributed by atoms with van der Waals surface area (Å²) in [6.45, 7) is 3.32. The fraction of sp³-hybridized carbons (Fsp3) is 0.500. The van der Waals surface area contributed by atoms with Crippen LogP contribution in [0.1, 0.15) is 49.1 Å². The minimum Gasteiger partial charge on any atom is -0.352 e. The molecule has 1 amide bonds. The maximum absolute atomic E-state index is 13.4. The van der Waals surface area contributed by atoms with E-state index in [2.05, 4.69) is 64.8 Å². The number of nitrogens with zero attached hydrogens (tertiary/aromatic N) is 1. The molecule has 3 fully saturated rings. The van der Waals surface area contributed by atoms with E-state index in [1.807, 2.05) is 6.07 Å². The van der Waals surface area contributed by atoms with Crippen LogP contribution in [0.25, 0.3) is 0 Å². The Morgan fingerprint density at radius 2 is 1.66 bits per heavy atom. The summed E-state index contributed by atoms with van der Waals surface area (Å²) in [5, 5.41) is 3.52. The van der Waals surface area contributed by atoms with Crippen molar-refractivity contribution in [3.8, 4) is 0 Å². The van der Waals surface area contributed by atoms with Crippen molar-refractivity contribution in [2.45, 2.75) is 50.6 Å². The van der Waals surface area contributed by atoms with E-state index in [9.17, 15) is 4.79 Å². The van der Waals surface area contributed by atoms with Crippen molar-refractivity contribution in [2.75, 3.05) is 13.1 Å². The first kappa shape index (κ1) is 18.9. The predicted molar refractivity (Wildman–Crippen MR) is 116 cm³/mol. The van der Waals surface area contributed by atoms with E-state index < -0.39 is 0 Å². The number of likely N-dealkylation sites (tertiary alicyclic amines) is 1. The number of nitrogens with one attached hydrogen (secondary N) is 1. The Labute approximate surface area is 174 Å². The lowest BCUT2D eigenvalue weighted by atomic mass is 9.72. The van der Waals surface area contributed by atoms with Crippen LogP contribution in [0, 0.1) is 17.8 Å². The van der Waals surface area contributed by atoms with Gasteiger partial charge in [0.1, 0.15) is 0 Å². The Morgan fingerprint density at radius 1 is 0.931 bits per heavy atom. The van der Waals surface area contributed by atoms with Crippen LogP contribution < -0.4 is 5.32 Å². The summed E-state index contributed by atoms with van der Waals surface area (Å²) >= 11 is 0. The number of carbonyl (C=O) groups is 1. The molecule has 0 spiro atoms. The smallest absolute Gasteiger partial charge is 0.228 e. The van der Waals surface area contributed by atoms with E-state index in [0.29, 0.717) is 17.9 Å². The first-order valence-corrected chi connectivity index (χ1v) is 11.4. The number of amides is 1. The second-order valence-corrected chi connectivity index (χ2v) is 9.38. The number of fused-ring (bicyclic) bond motifs is 1. The Bertz CT molecular complexity index is 817. The molecule has 1 aliphatic heterocycles. The molecule has 3 nitrogen and oxygen atoms in total. The highest BCUT2D eigenvalue weighted by molar-refractivity contribution is 5.84. The SMILES string of the molecule is O=C(N[C@H]1CC[C@@H]2CN(Cc3ccccc3)C[C@@H]21)C(c1ccccc1)C1CCC1. The molecule has 0 radical (unpaired) electrons. The van der Waals surface area contributed by atoms with Gasteiger partial charge in [0.25, 0.3) is 0 Å². The first-order chi connectivity index (χ1) is 14.3. The Morgan fingerprint density at radius 3 is 2.34 bits per heavy atom. The van der Waals surface area contributed by atoms with Crippen molar-refractivity contribution in [2.24, 2.45) is 17.8 Å². The first-order valence-electron chi connectivity index (χ1n) is 11.4. The van der Waals surface area contributed by atoms with Gasteiger partial charge in [-0.1, -0.05) is 67.1 Å². The van der Waals surface area contributed by atoms with Gasteiger partial charge in [-0.05, 0) is 54.6 Å². The van der Waals surface area contributed by atoms with Gasteiger partial charge in [0.05, 0.1) is 5.92 Å². The minimum absolute atomic E-state index is 0.0332. The van der Waals surface area contributed by atoms with Crippen LogP contribution in [0.5, 0.6) is 0 Å². The van der Waals surface area contributed by atoms with Gasteiger partial charge in [-0.3, -0.25) is 9.69 Å². The molecule has 1 heterocycles. The normalized spacial score (nSPS) is 27.9. The number of carbonyl (C=O) groups excluding carboxylic acids is 1. The van der Waals surface area contributed by atoms with Crippen molar-refractivity contribution in [1.29, 1.82) is 0 Å². The summed E-state index contributed by atoms with van der Waals surface area (Å²) in [7, 11) is 0. The fourth-order valence-electron chi connectivity index (χ4n) is 5.85. The molecule has 5 rings (SSSR count). The molecule has 0 bridgehead atoms. The summed E-state index contributed by atoms with van der Waals surface area (Å²) < 4.78 is 0. The maximum atomic E-state index is 13.4. The molecule has 2 aromatic carbocycles. The second kappa shape index (κ2) is 8.31. The van der Waals surface area contributed by atoms with Crippen LogP contribution >= 0.6 is 0 Å². The monoisotopic (exact) mass is 388 g/mol. The van der Waals surface area contributed by atoms with Gasteiger partial charge in [-0.25, -0.2) is 0 Å². The number of hydrogen-bond acceptors (Lipinski definition) is 2. The fourth-order valence-corrected chi connectivity index (χ4v) is 5.85. The summed E-state index contributed by atoms with van der Waals surface area (Å²) in [5.41, 5.74) is 2.59. The zero-order chi connectivity index (χ0) is 19.6. The Hall–Kier alpha value is -2.13. The quantitative estimate of drug-likeness (QED) is 0.784. The summed E-state index contributed by atoms with van der Waals surface area (Å²) in [4.78, 5) is 16.0. The third kappa shape index (κ3) is 3.98. The topological polar surface area (TPSA) is 32.3 Å². The molecular formula is C26H32N2O. The molecular weight excluding hydrogens is 356 g/mol. The summed E-state index contributed by atoms with van der Waals surface area (Å²) in [6, 6.07) is 21.6. The highest BCUT2D eigenvalue weighted by Crippen LogP contribution is 2.42. The summed E-state index contributed by atoms with van der Waals surface area (Å²) in [6.07, 6.45) is 6.04. The maximum Gasteiger partial charge on any atom is 0.228 e. The highest BCUT2D eigenvalue weighted by atomic mass is 16.2. The summed E-state index contributed by atoms with van der Waals surface area (Å²) in [5.74, 6) is 2.18. The minimum atomic E-state index is 0.0332. The lowest BCUT2D eigenvalue weighted by molar-refractivity contribution is -0.125. The van der Waals surface area contributed by atoms with E-state index >= 15 is 0 Å². The Kier molecular flexibility index (Phi) is 5.41. The number of rotatable bonds is 6. The molecule has 0 aromatic heterocycles. The molecule has 1 unspecified atom stereocenters. The van der Waals surface area contributed by atoms with Gasteiger partial charge in [0, 0.05) is 25.7 Å². The molecule has 2 aromatic rings. The lowest BCUT2D eigenvalue weighted by Crippen LogP contribution is -2.44. The van der Waals surface area contributed by atoms with Crippen LogP contribution in [-0.2, 0) is 11.3 Å². The van der Waals surface area contributed by atoms with Gasteiger partial charge in [-0.2, -0.15) is 0 Å². The van der Waals surface area contributed by atoms with Gasteiger partial charge in [0.2, 0.25) is 5.91 Å². The van der Waals surface area contributed by atoms with E-state index in [1.54, 1.807) is 0 Å². The Balaban J connectivity index is 1.24. The molecule has 2 saturated carbocycles. The molecule has 3 aliphatic rings. The van der Waals surface area contributed by atoms with Crippen LogP contribution in [0.15, 0.2) is 60.7 Å². The van der Waals surface area contributed by atoms with Crippen LogP contribution in [-0.4, -0.2) is 29.9 Å². The van der Waals surface area contributed by atoms with Gasteiger partial charge >= 0.3 is 0 Å². The third-order valence-corrected chi connectivity index (χ3v) is 7.57. The van der Waals surface area contributed by atoms with Gasteiger partial charge in [-0.15, -0.1) is 0 Å². The molecule has 3 heteroatoms. The molecule has 4 atom stereocenters. The molecule has 1 saturated heterocycles. The molecule has 29 heavy (non-hydrogen) atoms. The van der Waals surface area contributed by atoms with Crippen molar-refractivity contribution >= 4 is 5.91 Å². The van der Waals surface area contributed by atoms with E-state index in [1.165, 1.54) is 43.4 Å². The standard InChI is InChI=1S/C26H32N2O/c29-26(25(21-12-7-13-21)20-10-5-2-6-11-20)27-24-15-14-22-17-28(18-23(22)24)16-19-8-3-1-4-9-19/h1-6,8-11,21-25H,7,12-18H2,(H,27,29)/t22-,23+,24+,25?/m1/s1. The van der Waals surface area contributed by atoms with E-state index in [4.69, 9.17) is 0 Å². The van der Waals surface area contributed by atoms with E-state index in [0.717, 1.165) is 25.4 Å². The molecule has 2 aliphatic carbocycles. The average molecular weight is 389 g/mol. The second-order valence-electron chi connectivity index (χ2n) is 9.38. The largest absolute Gasteiger partial charge is 0.352 e. The molecule has 152 valence electrons. The van der Waals surface area contributed by atoms with Gasteiger partial charge < -0.3 is 5.32 Å². The van der Waals surface area contributed by atoms with Crippen molar-refractivity contribution in [3.63, 3.8) is 0 Å². The predicted octanol–water partition coefficient (Wildman–Crippen LogP) is 4.60. The lowest BCUT2D eigenvalue weighted by Gasteiger charge is -2.34. The van der Waals surface area contributed by atoms with Crippen LogP contribution in [0.3, 0.4) is 0 Å². The number of hydrogen-bond donors (Lipinski definition) is 1. The van der Waals surface area contributed by atoms with Crippen LogP contribution in [0.2, 0.25) is 0 Å². The average Bonchev–Trinajstić information content (AvgIpc) is 3.27. The van der Waals surface area contributed by atoms with Gasteiger partial charge in [0.15, 0.2) is 0 Å². The highest BCUT2D eigenvalue weighted by Gasteiger charge is 2.44. The van der Waals surface area contributed by atoms with Crippen molar-refractivity contribution in [3.05, 3.63) is 71.8 Å². The van der Waals surface area contributed by atoms with Crippen LogP contribution in [0.4, 0.5) is 0 Å². The number of benzene rings is 2. The molecule has 1 N–H and O–H groups in total. The third-order valence-electron chi connectivity index (χ3n) is 7.57. The zero-order valence-corrected chi connectivity index (χ0v) is 17.2. The zero-order valence-electron chi connectivity index (χ0n) is 17.2.